The SMILES string of the molecule is [2H][C@@]1(C)N([C@H](C)[C@@H](O)c2ccccc2)CCN([C@H](C)[C@@H](O)c2ccccc2)[C@@]1([2H])C. The number of hydrogen-bond acceptors (Lipinski definition) is 4. The molecule has 4 heteroatoms. The second kappa shape index (κ2) is 9.19. The number of nitrogens with zero attached hydrogens (tertiary/aromatic N) is 2. The Morgan fingerprint density at radius 1 is 0.750 bits per heavy atom. The molecular weight excluding hydrogens is 348 g/mol. The van der Waals surface area contributed by atoms with E-state index in [1.165, 1.54) is 0 Å². The Balaban J connectivity index is 1.82. The van der Waals surface area contributed by atoms with E-state index in [9.17, 15) is 10.2 Å². The van der Waals surface area contributed by atoms with Gasteiger partial charge in [0.05, 0.1) is 12.2 Å². The Kier molecular flexibility index (Phi) is 6.01. The van der Waals surface area contributed by atoms with Crippen molar-refractivity contribution in [3.05, 3.63) is 71.8 Å². The molecule has 1 aliphatic rings. The largest absolute Gasteiger partial charge is 0.387 e. The molecule has 3 rings (SSSR count). The van der Waals surface area contributed by atoms with Crippen LogP contribution in [-0.4, -0.2) is 57.2 Å². The van der Waals surface area contributed by atoms with Gasteiger partial charge in [-0.2, -0.15) is 0 Å². The monoisotopic (exact) mass is 384 g/mol. The molecule has 152 valence electrons. The van der Waals surface area contributed by atoms with E-state index in [-0.39, 0.29) is 12.1 Å². The molecule has 1 aliphatic heterocycles. The van der Waals surface area contributed by atoms with Crippen molar-refractivity contribution in [2.45, 2.75) is 64.0 Å². The Labute approximate surface area is 172 Å². The van der Waals surface area contributed by atoms with Crippen molar-refractivity contribution in [3.63, 3.8) is 0 Å². The van der Waals surface area contributed by atoms with Crippen LogP contribution in [0.2, 0.25) is 0 Å². The zero-order chi connectivity index (χ0) is 22.1. The molecule has 1 heterocycles. The van der Waals surface area contributed by atoms with Gasteiger partial charge in [0, 0.05) is 40.0 Å². The minimum Gasteiger partial charge on any atom is -0.387 e. The van der Waals surface area contributed by atoms with Crippen LogP contribution < -0.4 is 0 Å². The first-order valence-electron chi connectivity index (χ1n) is 11.1. The number of aliphatic hydroxyl groups excluding tert-OH is 2. The van der Waals surface area contributed by atoms with Crippen LogP contribution in [0.1, 0.15) is 53.8 Å². The van der Waals surface area contributed by atoms with E-state index in [0.717, 1.165) is 11.1 Å². The van der Waals surface area contributed by atoms with Gasteiger partial charge in [-0.25, -0.2) is 0 Å². The fourth-order valence-corrected chi connectivity index (χ4v) is 4.18. The third-order valence-electron chi connectivity index (χ3n) is 6.15. The van der Waals surface area contributed by atoms with E-state index in [1.807, 2.05) is 84.3 Å². The van der Waals surface area contributed by atoms with Gasteiger partial charge in [0.2, 0.25) is 0 Å². The van der Waals surface area contributed by atoms with E-state index in [4.69, 9.17) is 2.74 Å². The Morgan fingerprint density at radius 3 is 1.39 bits per heavy atom. The van der Waals surface area contributed by atoms with Gasteiger partial charge in [-0.1, -0.05) is 60.7 Å². The molecule has 0 saturated carbocycles. The standard InChI is InChI=1S/C24H34N2O2/c1-17-18(2)26(20(4)24(28)22-13-9-6-10-14-22)16-15-25(17)19(3)23(27)21-11-7-5-8-12-21/h5-14,17-20,23-24,27-28H,15-16H2,1-4H3/t17-,18-,19+,20+,23+,24+/m0/s1/i17D,18D. The zero-order valence-electron chi connectivity index (χ0n) is 19.3. The zero-order valence-corrected chi connectivity index (χ0v) is 17.3. The van der Waals surface area contributed by atoms with Crippen LogP contribution in [0.3, 0.4) is 0 Å². The van der Waals surface area contributed by atoms with Crippen molar-refractivity contribution in [3.8, 4) is 0 Å². The number of benzene rings is 2. The summed E-state index contributed by atoms with van der Waals surface area (Å²) in [4.78, 5) is 3.82. The molecule has 0 aliphatic carbocycles. The predicted octanol–water partition coefficient (Wildman–Crippen LogP) is 3.63. The van der Waals surface area contributed by atoms with Crippen LogP contribution in [0.5, 0.6) is 0 Å². The van der Waals surface area contributed by atoms with Crippen molar-refractivity contribution < 1.29 is 13.0 Å². The van der Waals surface area contributed by atoms with Gasteiger partial charge in [0.1, 0.15) is 0 Å². The number of piperazine rings is 1. The van der Waals surface area contributed by atoms with Crippen LogP contribution in [0.25, 0.3) is 0 Å². The second-order valence-corrected chi connectivity index (χ2v) is 7.75. The smallest absolute Gasteiger partial charge is 0.0942 e. The predicted molar refractivity (Wildman–Crippen MR) is 114 cm³/mol. The topological polar surface area (TPSA) is 46.9 Å². The molecule has 28 heavy (non-hydrogen) atoms. The van der Waals surface area contributed by atoms with E-state index in [2.05, 4.69) is 0 Å². The van der Waals surface area contributed by atoms with Crippen LogP contribution >= 0.6 is 0 Å². The maximum Gasteiger partial charge on any atom is 0.0942 e. The lowest BCUT2D eigenvalue weighted by Gasteiger charge is -2.50. The van der Waals surface area contributed by atoms with Gasteiger partial charge in [-0.3, -0.25) is 9.80 Å². The average Bonchev–Trinajstić information content (AvgIpc) is 2.75. The van der Waals surface area contributed by atoms with Gasteiger partial charge < -0.3 is 10.2 Å². The summed E-state index contributed by atoms with van der Waals surface area (Å²) in [6, 6.07) is 15.7. The molecule has 0 aromatic heterocycles. The second-order valence-electron chi connectivity index (χ2n) is 7.75. The normalized spacial score (nSPS) is 32.1. The van der Waals surface area contributed by atoms with Gasteiger partial charge in [-0.05, 0) is 38.8 Å². The summed E-state index contributed by atoms with van der Waals surface area (Å²) in [7, 11) is 0. The molecule has 2 aromatic rings. The number of aliphatic hydroxyl groups is 2. The maximum absolute atomic E-state index is 10.9. The molecule has 0 unspecified atom stereocenters. The summed E-state index contributed by atoms with van der Waals surface area (Å²) in [5, 5.41) is 21.8. The molecule has 1 fully saturated rings. The van der Waals surface area contributed by atoms with Crippen molar-refractivity contribution >= 4 is 0 Å². The van der Waals surface area contributed by atoms with Gasteiger partial charge in [0.25, 0.3) is 0 Å². The lowest BCUT2D eigenvalue weighted by molar-refractivity contribution is -0.0608. The highest BCUT2D eigenvalue weighted by Crippen LogP contribution is 2.30. The molecule has 0 amide bonds. The van der Waals surface area contributed by atoms with Crippen molar-refractivity contribution in [2.24, 2.45) is 0 Å². The summed E-state index contributed by atoms with van der Waals surface area (Å²) in [5.74, 6) is 0. The molecule has 2 aromatic carbocycles. The van der Waals surface area contributed by atoms with Crippen LogP contribution in [0.15, 0.2) is 60.7 Å². The molecule has 0 bridgehead atoms. The summed E-state index contributed by atoms with van der Waals surface area (Å²) >= 11 is 0. The number of hydrogen-bond donors (Lipinski definition) is 2. The molecule has 2 N–H and O–H groups in total. The highest BCUT2D eigenvalue weighted by Gasteiger charge is 2.38. The first-order valence-corrected chi connectivity index (χ1v) is 10.1. The summed E-state index contributed by atoms with van der Waals surface area (Å²) in [5.41, 5.74) is 1.62. The van der Waals surface area contributed by atoms with Crippen molar-refractivity contribution in [1.82, 2.24) is 9.80 Å². The van der Waals surface area contributed by atoms with Crippen LogP contribution in [0, 0.1) is 0 Å². The molecule has 0 radical (unpaired) electrons. The number of rotatable bonds is 6. The molecule has 1 saturated heterocycles. The van der Waals surface area contributed by atoms with E-state index in [1.54, 1.807) is 13.8 Å². The lowest BCUT2D eigenvalue weighted by atomic mass is 9.94. The fourth-order valence-electron chi connectivity index (χ4n) is 4.18. The van der Waals surface area contributed by atoms with Gasteiger partial charge in [-0.15, -0.1) is 0 Å². The minimum atomic E-state index is -1.29. The van der Waals surface area contributed by atoms with Gasteiger partial charge >= 0.3 is 0 Å². The molecule has 4 nitrogen and oxygen atoms in total. The fraction of sp³-hybridized carbons (Fsp3) is 0.500. The maximum atomic E-state index is 10.9. The summed E-state index contributed by atoms with van der Waals surface area (Å²) in [6.45, 7) is 8.37. The van der Waals surface area contributed by atoms with E-state index in [0.29, 0.717) is 13.1 Å². The highest BCUT2D eigenvalue weighted by molar-refractivity contribution is 5.20. The summed E-state index contributed by atoms with van der Waals surface area (Å²) < 4.78 is 18.3. The first-order chi connectivity index (χ1) is 14.1. The Hall–Kier alpha value is -1.72. The van der Waals surface area contributed by atoms with Crippen molar-refractivity contribution in [1.29, 1.82) is 0 Å². The average molecular weight is 385 g/mol. The minimum absolute atomic E-state index is 0.323. The lowest BCUT2D eigenvalue weighted by Crippen LogP contribution is -2.62. The van der Waals surface area contributed by atoms with E-state index < -0.39 is 24.2 Å². The Morgan fingerprint density at radius 2 is 1.07 bits per heavy atom. The van der Waals surface area contributed by atoms with Crippen molar-refractivity contribution in [2.75, 3.05) is 13.1 Å². The van der Waals surface area contributed by atoms with Crippen LogP contribution in [0.4, 0.5) is 0 Å². The third kappa shape index (κ3) is 4.31. The summed E-state index contributed by atoms with van der Waals surface area (Å²) in [6.07, 6.45) is -1.49. The first kappa shape index (κ1) is 18.3. The van der Waals surface area contributed by atoms with E-state index >= 15 is 0 Å². The quantitative estimate of drug-likeness (QED) is 0.798. The highest BCUT2D eigenvalue weighted by atomic mass is 16.3. The molecular formula is C24H34N2O2. The van der Waals surface area contributed by atoms with Gasteiger partial charge in [0.15, 0.2) is 0 Å². The third-order valence-corrected chi connectivity index (χ3v) is 6.15. The van der Waals surface area contributed by atoms with Crippen LogP contribution in [-0.2, 0) is 0 Å². The molecule has 0 spiro atoms. The molecule has 6 atom stereocenters. The Bertz CT molecular complexity index is 747.